The van der Waals surface area contributed by atoms with Gasteiger partial charge in [0.15, 0.2) is 0 Å². The van der Waals surface area contributed by atoms with Crippen LogP contribution in [0.1, 0.15) is 12.5 Å². The molecule has 0 radical (unpaired) electrons. The molecule has 1 aliphatic rings. The Kier molecular flexibility index (Phi) is 6.49. The SMILES string of the molecule is C[C@H](C(=O)N1CCN(S(=O)(=O)c2ccccc2)CC1)N(C)Cc1ccccc1. The first-order valence-electron chi connectivity index (χ1n) is 9.48. The van der Waals surface area contributed by atoms with Crippen molar-refractivity contribution < 1.29 is 13.2 Å². The van der Waals surface area contributed by atoms with Gasteiger partial charge in [-0.3, -0.25) is 9.69 Å². The molecule has 6 nitrogen and oxygen atoms in total. The van der Waals surface area contributed by atoms with Gasteiger partial charge in [-0.15, -0.1) is 0 Å². The third-order valence-electron chi connectivity index (χ3n) is 5.22. The standard InChI is InChI=1S/C21H27N3O3S/c1-18(22(2)17-19-9-5-3-6-10-19)21(25)23-13-15-24(16-14-23)28(26,27)20-11-7-4-8-12-20/h3-12,18H,13-17H2,1-2H3/t18-/m1/s1. The summed E-state index contributed by atoms with van der Waals surface area (Å²) in [6, 6.07) is 18.2. The number of sulfonamides is 1. The zero-order valence-electron chi connectivity index (χ0n) is 16.4. The number of carbonyl (C=O) groups excluding carboxylic acids is 1. The van der Waals surface area contributed by atoms with Crippen molar-refractivity contribution in [2.45, 2.75) is 24.4 Å². The van der Waals surface area contributed by atoms with Gasteiger partial charge in [0.25, 0.3) is 0 Å². The number of nitrogens with zero attached hydrogens (tertiary/aromatic N) is 3. The first-order valence-corrected chi connectivity index (χ1v) is 10.9. The lowest BCUT2D eigenvalue weighted by Gasteiger charge is -2.36. The molecule has 7 heteroatoms. The zero-order chi connectivity index (χ0) is 20.1. The molecule has 0 unspecified atom stereocenters. The molecule has 2 aromatic rings. The van der Waals surface area contributed by atoms with Gasteiger partial charge in [0, 0.05) is 32.7 Å². The largest absolute Gasteiger partial charge is 0.339 e. The Morgan fingerprint density at radius 3 is 2.07 bits per heavy atom. The summed E-state index contributed by atoms with van der Waals surface area (Å²) in [4.78, 5) is 17.0. The molecule has 28 heavy (non-hydrogen) atoms. The fourth-order valence-corrected chi connectivity index (χ4v) is 4.79. The Balaban J connectivity index is 1.57. The molecule has 1 atom stereocenters. The van der Waals surface area contributed by atoms with E-state index in [0.29, 0.717) is 37.6 Å². The van der Waals surface area contributed by atoms with Gasteiger partial charge in [-0.05, 0) is 31.7 Å². The molecule has 3 rings (SSSR count). The quantitative estimate of drug-likeness (QED) is 0.743. The van der Waals surface area contributed by atoms with E-state index in [0.717, 1.165) is 5.56 Å². The fraction of sp³-hybridized carbons (Fsp3) is 0.381. The summed E-state index contributed by atoms with van der Waals surface area (Å²) < 4.78 is 26.9. The second-order valence-corrected chi connectivity index (χ2v) is 9.06. The maximum atomic E-state index is 12.9. The highest BCUT2D eigenvalue weighted by atomic mass is 32.2. The summed E-state index contributed by atoms with van der Waals surface area (Å²) in [5, 5.41) is 0. The van der Waals surface area contributed by atoms with Gasteiger partial charge in [-0.25, -0.2) is 8.42 Å². The van der Waals surface area contributed by atoms with Crippen LogP contribution in [-0.4, -0.2) is 67.7 Å². The van der Waals surface area contributed by atoms with E-state index < -0.39 is 10.0 Å². The van der Waals surface area contributed by atoms with Crippen LogP contribution < -0.4 is 0 Å². The summed E-state index contributed by atoms with van der Waals surface area (Å²) in [6.45, 7) is 4.05. The molecular weight excluding hydrogens is 374 g/mol. The molecule has 0 bridgehead atoms. The number of piperazine rings is 1. The molecule has 0 spiro atoms. The summed E-state index contributed by atoms with van der Waals surface area (Å²) in [5.41, 5.74) is 1.16. The van der Waals surface area contributed by atoms with Gasteiger partial charge in [-0.2, -0.15) is 4.31 Å². The smallest absolute Gasteiger partial charge is 0.243 e. The molecule has 0 aromatic heterocycles. The zero-order valence-corrected chi connectivity index (χ0v) is 17.2. The van der Waals surface area contributed by atoms with Crippen LogP contribution in [0.4, 0.5) is 0 Å². The molecule has 0 N–H and O–H groups in total. The van der Waals surface area contributed by atoms with Crippen molar-refractivity contribution in [2.24, 2.45) is 0 Å². The van der Waals surface area contributed by atoms with Crippen molar-refractivity contribution in [2.75, 3.05) is 33.2 Å². The summed E-state index contributed by atoms with van der Waals surface area (Å²) in [7, 11) is -1.57. The first-order chi connectivity index (χ1) is 13.4. The molecule has 0 aliphatic carbocycles. The molecule has 1 heterocycles. The van der Waals surface area contributed by atoms with Crippen molar-refractivity contribution in [3.8, 4) is 0 Å². The molecule has 1 fully saturated rings. The average Bonchev–Trinajstić information content (AvgIpc) is 2.74. The van der Waals surface area contributed by atoms with E-state index in [2.05, 4.69) is 0 Å². The molecule has 1 amide bonds. The number of rotatable bonds is 6. The lowest BCUT2D eigenvalue weighted by Crippen LogP contribution is -2.54. The van der Waals surface area contributed by atoms with Crippen LogP contribution in [0, 0.1) is 0 Å². The minimum Gasteiger partial charge on any atom is -0.339 e. The number of carbonyl (C=O) groups is 1. The Hall–Kier alpha value is -2.22. The van der Waals surface area contributed by atoms with Crippen molar-refractivity contribution in [1.82, 2.24) is 14.1 Å². The Morgan fingerprint density at radius 1 is 0.964 bits per heavy atom. The molecule has 1 aliphatic heterocycles. The second-order valence-electron chi connectivity index (χ2n) is 7.12. The van der Waals surface area contributed by atoms with E-state index in [1.807, 2.05) is 49.2 Å². The third-order valence-corrected chi connectivity index (χ3v) is 7.14. The van der Waals surface area contributed by atoms with Crippen LogP contribution in [0.3, 0.4) is 0 Å². The number of likely N-dealkylation sites (N-methyl/N-ethyl adjacent to an activating group) is 1. The van der Waals surface area contributed by atoms with Crippen molar-refractivity contribution in [3.63, 3.8) is 0 Å². The molecular formula is C21H27N3O3S. The predicted octanol–water partition coefficient (Wildman–Crippen LogP) is 2.04. The van der Waals surface area contributed by atoms with Crippen LogP contribution >= 0.6 is 0 Å². The van der Waals surface area contributed by atoms with Gasteiger partial charge in [0.05, 0.1) is 10.9 Å². The van der Waals surface area contributed by atoms with Gasteiger partial charge < -0.3 is 4.90 Å². The number of amides is 1. The average molecular weight is 402 g/mol. The first kappa shape index (κ1) is 20.5. The molecule has 0 saturated carbocycles. The maximum Gasteiger partial charge on any atom is 0.243 e. The van der Waals surface area contributed by atoms with Crippen LogP contribution in [-0.2, 0) is 21.4 Å². The molecule has 2 aromatic carbocycles. The second kappa shape index (κ2) is 8.86. The predicted molar refractivity (Wildman–Crippen MR) is 109 cm³/mol. The fourth-order valence-electron chi connectivity index (χ4n) is 3.35. The van der Waals surface area contributed by atoms with E-state index in [-0.39, 0.29) is 11.9 Å². The minimum absolute atomic E-state index is 0.0372. The highest BCUT2D eigenvalue weighted by Gasteiger charge is 2.32. The van der Waals surface area contributed by atoms with Gasteiger partial charge in [0.1, 0.15) is 0 Å². The van der Waals surface area contributed by atoms with Gasteiger partial charge in [-0.1, -0.05) is 48.5 Å². The maximum absolute atomic E-state index is 12.9. The van der Waals surface area contributed by atoms with Crippen molar-refractivity contribution in [1.29, 1.82) is 0 Å². The van der Waals surface area contributed by atoms with E-state index in [1.54, 1.807) is 35.2 Å². The van der Waals surface area contributed by atoms with Crippen molar-refractivity contribution >= 4 is 15.9 Å². The van der Waals surface area contributed by atoms with Crippen LogP contribution in [0.5, 0.6) is 0 Å². The van der Waals surface area contributed by atoms with E-state index in [4.69, 9.17) is 0 Å². The van der Waals surface area contributed by atoms with E-state index in [1.165, 1.54) is 4.31 Å². The normalized spacial score (nSPS) is 16.9. The number of hydrogen-bond acceptors (Lipinski definition) is 4. The lowest BCUT2D eigenvalue weighted by molar-refractivity contribution is -0.137. The van der Waals surface area contributed by atoms with Crippen LogP contribution in [0.2, 0.25) is 0 Å². The number of hydrogen-bond donors (Lipinski definition) is 0. The van der Waals surface area contributed by atoms with E-state index in [9.17, 15) is 13.2 Å². The molecule has 1 saturated heterocycles. The van der Waals surface area contributed by atoms with Crippen LogP contribution in [0.15, 0.2) is 65.6 Å². The van der Waals surface area contributed by atoms with Gasteiger partial charge in [0.2, 0.25) is 15.9 Å². The van der Waals surface area contributed by atoms with Crippen molar-refractivity contribution in [3.05, 3.63) is 66.2 Å². The Bertz CT molecular complexity index is 880. The Morgan fingerprint density at radius 2 is 1.50 bits per heavy atom. The van der Waals surface area contributed by atoms with Crippen LogP contribution in [0.25, 0.3) is 0 Å². The number of benzene rings is 2. The van der Waals surface area contributed by atoms with Gasteiger partial charge >= 0.3 is 0 Å². The monoisotopic (exact) mass is 401 g/mol. The topological polar surface area (TPSA) is 60.9 Å². The minimum atomic E-state index is -3.50. The summed E-state index contributed by atoms with van der Waals surface area (Å²) in [6.07, 6.45) is 0. The molecule has 150 valence electrons. The highest BCUT2D eigenvalue weighted by molar-refractivity contribution is 7.89. The Labute approximate surface area is 167 Å². The third kappa shape index (κ3) is 4.60. The van der Waals surface area contributed by atoms with E-state index >= 15 is 0 Å². The lowest BCUT2D eigenvalue weighted by atomic mass is 10.1. The highest BCUT2D eigenvalue weighted by Crippen LogP contribution is 2.18. The summed E-state index contributed by atoms with van der Waals surface area (Å²) in [5.74, 6) is 0.0372. The summed E-state index contributed by atoms with van der Waals surface area (Å²) >= 11 is 0.